The van der Waals surface area contributed by atoms with Crippen LogP contribution in [0.1, 0.15) is 57.8 Å². The second-order valence-electron chi connectivity index (χ2n) is 4.31. The van der Waals surface area contributed by atoms with Crippen LogP contribution in [0.4, 0.5) is 0 Å². The number of rotatable bonds is 7. The van der Waals surface area contributed by atoms with Gasteiger partial charge in [-0.15, -0.1) is 0 Å². The van der Waals surface area contributed by atoms with Crippen LogP contribution in [0.3, 0.4) is 0 Å². The summed E-state index contributed by atoms with van der Waals surface area (Å²) in [6.07, 6.45) is 4.96. The topological polar surface area (TPSA) is 33.4 Å². The molecule has 0 aliphatic carbocycles. The van der Waals surface area contributed by atoms with Crippen LogP contribution in [0.5, 0.6) is 0 Å². The summed E-state index contributed by atoms with van der Waals surface area (Å²) in [5.41, 5.74) is 0. The van der Waals surface area contributed by atoms with Gasteiger partial charge in [0, 0.05) is 0 Å². The minimum absolute atomic E-state index is 0.343. The summed E-state index contributed by atoms with van der Waals surface area (Å²) in [4.78, 5) is 0. The maximum Gasteiger partial charge on any atom is 0.193 e. The van der Waals surface area contributed by atoms with Crippen LogP contribution < -0.4 is 0 Å². The van der Waals surface area contributed by atoms with Crippen molar-refractivity contribution in [3.63, 3.8) is 0 Å². The fourth-order valence-electron chi connectivity index (χ4n) is 1.92. The molecule has 0 saturated heterocycles. The molecule has 2 atom stereocenters. The fraction of sp³-hybridized carbons (Fsp3) is 0.692. The zero-order valence-electron chi connectivity index (χ0n) is 10.1. The van der Waals surface area contributed by atoms with E-state index >= 15 is 0 Å². The third kappa shape index (κ3) is 4.18. The zero-order chi connectivity index (χ0) is 12.0. The highest BCUT2D eigenvalue weighted by Gasteiger charge is 2.17. The normalized spacial score (nSPS) is 15.0. The Morgan fingerprint density at radius 3 is 2.62 bits per heavy atom. The molecule has 0 aromatic carbocycles. The van der Waals surface area contributed by atoms with Crippen molar-refractivity contribution in [1.82, 2.24) is 0 Å². The van der Waals surface area contributed by atoms with E-state index in [9.17, 15) is 5.11 Å². The number of aliphatic hydroxyl groups excluding tert-OH is 1. The first-order valence-corrected chi connectivity index (χ1v) is 6.48. The van der Waals surface area contributed by atoms with Gasteiger partial charge in [-0.2, -0.15) is 0 Å². The first-order chi connectivity index (χ1) is 7.67. The highest BCUT2D eigenvalue weighted by atomic mass is 35.5. The molecule has 1 N–H and O–H groups in total. The van der Waals surface area contributed by atoms with Crippen molar-refractivity contribution < 1.29 is 9.52 Å². The monoisotopic (exact) mass is 244 g/mol. The molecule has 0 fully saturated rings. The van der Waals surface area contributed by atoms with Crippen molar-refractivity contribution in [2.75, 3.05) is 0 Å². The van der Waals surface area contributed by atoms with Gasteiger partial charge in [-0.05, 0) is 36.1 Å². The fourth-order valence-corrected chi connectivity index (χ4v) is 2.07. The standard InChI is InChI=1S/C13H21ClO2/c1-3-5-6-10(4-2)9-11(15)12-7-8-13(14)16-12/h7-8,10-11,15H,3-6,9H2,1-2H3. The van der Waals surface area contributed by atoms with Gasteiger partial charge in [-0.1, -0.05) is 39.5 Å². The first-order valence-electron chi connectivity index (χ1n) is 6.10. The van der Waals surface area contributed by atoms with Gasteiger partial charge in [0.2, 0.25) is 0 Å². The average molecular weight is 245 g/mol. The predicted molar refractivity (Wildman–Crippen MR) is 66.6 cm³/mol. The average Bonchev–Trinajstić information content (AvgIpc) is 2.70. The smallest absolute Gasteiger partial charge is 0.193 e. The molecule has 0 amide bonds. The lowest BCUT2D eigenvalue weighted by atomic mass is 9.92. The van der Waals surface area contributed by atoms with E-state index in [2.05, 4.69) is 13.8 Å². The summed E-state index contributed by atoms with van der Waals surface area (Å²) in [5, 5.41) is 10.3. The highest BCUT2D eigenvalue weighted by molar-refractivity contribution is 6.28. The molecule has 0 saturated carbocycles. The van der Waals surface area contributed by atoms with Crippen LogP contribution in [0, 0.1) is 5.92 Å². The summed E-state index contributed by atoms with van der Waals surface area (Å²) < 4.78 is 5.21. The molecule has 0 bridgehead atoms. The molecule has 92 valence electrons. The van der Waals surface area contributed by atoms with Gasteiger partial charge >= 0.3 is 0 Å². The van der Waals surface area contributed by atoms with E-state index in [4.69, 9.17) is 16.0 Å². The van der Waals surface area contributed by atoms with E-state index < -0.39 is 6.10 Å². The molecule has 0 aliphatic heterocycles. The lowest BCUT2D eigenvalue weighted by Crippen LogP contribution is -2.06. The van der Waals surface area contributed by atoms with Crippen LogP contribution in [-0.2, 0) is 0 Å². The Kier molecular flexibility index (Phi) is 5.93. The van der Waals surface area contributed by atoms with Crippen LogP contribution in [0.2, 0.25) is 5.22 Å². The van der Waals surface area contributed by atoms with Gasteiger partial charge < -0.3 is 9.52 Å². The third-order valence-electron chi connectivity index (χ3n) is 3.02. The van der Waals surface area contributed by atoms with Crippen molar-refractivity contribution in [1.29, 1.82) is 0 Å². The molecular weight excluding hydrogens is 224 g/mol. The predicted octanol–water partition coefficient (Wildman–Crippen LogP) is 4.57. The molecule has 2 nitrogen and oxygen atoms in total. The minimum Gasteiger partial charge on any atom is -0.447 e. The van der Waals surface area contributed by atoms with E-state index in [1.807, 2.05) is 0 Å². The van der Waals surface area contributed by atoms with E-state index in [1.54, 1.807) is 12.1 Å². The quantitative estimate of drug-likeness (QED) is 0.762. The summed E-state index contributed by atoms with van der Waals surface area (Å²) in [7, 11) is 0. The number of furan rings is 1. The van der Waals surface area contributed by atoms with E-state index in [-0.39, 0.29) is 0 Å². The Morgan fingerprint density at radius 2 is 2.12 bits per heavy atom. The molecule has 0 spiro atoms. The third-order valence-corrected chi connectivity index (χ3v) is 3.23. The Balaban J connectivity index is 2.45. The molecular formula is C13H21ClO2. The van der Waals surface area contributed by atoms with E-state index in [0.29, 0.717) is 16.9 Å². The SMILES string of the molecule is CCCCC(CC)CC(O)c1ccc(Cl)o1. The van der Waals surface area contributed by atoms with Crippen LogP contribution in [0.25, 0.3) is 0 Å². The lowest BCUT2D eigenvalue weighted by Gasteiger charge is -2.17. The van der Waals surface area contributed by atoms with Gasteiger partial charge in [0.05, 0.1) is 0 Å². The first kappa shape index (κ1) is 13.6. The number of aliphatic hydroxyl groups is 1. The summed E-state index contributed by atoms with van der Waals surface area (Å²) in [6.45, 7) is 4.36. The van der Waals surface area contributed by atoms with Gasteiger partial charge in [-0.3, -0.25) is 0 Å². The second-order valence-corrected chi connectivity index (χ2v) is 4.68. The molecule has 1 heterocycles. The van der Waals surface area contributed by atoms with Crippen molar-refractivity contribution >= 4 is 11.6 Å². The Hall–Kier alpha value is -0.470. The maximum atomic E-state index is 9.98. The molecule has 2 unspecified atom stereocenters. The van der Waals surface area contributed by atoms with Gasteiger partial charge in [0.15, 0.2) is 5.22 Å². The highest BCUT2D eigenvalue weighted by Crippen LogP contribution is 2.28. The number of hydrogen-bond acceptors (Lipinski definition) is 2. The molecule has 1 aromatic rings. The Morgan fingerprint density at radius 1 is 1.38 bits per heavy atom. The Bertz CT molecular complexity index is 296. The summed E-state index contributed by atoms with van der Waals surface area (Å²) in [5.74, 6) is 1.15. The molecule has 1 aromatic heterocycles. The van der Waals surface area contributed by atoms with Crippen molar-refractivity contribution in [2.24, 2.45) is 5.92 Å². The van der Waals surface area contributed by atoms with Crippen molar-refractivity contribution in [2.45, 2.75) is 52.1 Å². The van der Waals surface area contributed by atoms with Gasteiger partial charge in [0.1, 0.15) is 11.9 Å². The van der Waals surface area contributed by atoms with Gasteiger partial charge in [0.25, 0.3) is 0 Å². The molecule has 16 heavy (non-hydrogen) atoms. The molecule has 0 aliphatic rings. The molecule has 1 rings (SSSR count). The second kappa shape index (κ2) is 6.97. The summed E-state index contributed by atoms with van der Waals surface area (Å²) >= 11 is 5.68. The van der Waals surface area contributed by atoms with Crippen molar-refractivity contribution in [3.05, 3.63) is 23.1 Å². The maximum absolute atomic E-state index is 9.98. The largest absolute Gasteiger partial charge is 0.447 e. The van der Waals surface area contributed by atoms with Crippen LogP contribution in [-0.4, -0.2) is 5.11 Å². The zero-order valence-corrected chi connectivity index (χ0v) is 10.8. The number of halogens is 1. The number of unbranched alkanes of at least 4 members (excludes halogenated alkanes) is 1. The van der Waals surface area contributed by atoms with Crippen molar-refractivity contribution in [3.8, 4) is 0 Å². The molecule has 0 radical (unpaired) electrons. The van der Waals surface area contributed by atoms with E-state index in [1.165, 1.54) is 19.3 Å². The van der Waals surface area contributed by atoms with Gasteiger partial charge in [-0.25, -0.2) is 0 Å². The lowest BCUT2D eigenvalue weighted by molar-refractivity contribution is 0.116. The van der Waals surface area contributed by atoms with E-state index in [0.717, 1.165) is 12.8 Å². The summed E-state index contributed by atoms with van der Waals surface area (Å²) in [6, 6.07) is 3.42. The molecule has 3 heteroatoms. The van der Waals surface area contributed by atoms with Crippen LogP contribution in [0.15, 0.2) is 16.5 Å². The van der Waals surface area contributed by atoms with Crippen LogP contribution >= 0.6 is 11.6 Å². The Labute approximate surface area is 103 Å². The minimum atomic E-state index is -0.519. The number of hydrogen-bond donors (Lipinski definition) is 1.